The third-order valence-corrected chi connectivity index (χ3v) is 5.37. The van der Waals surface area contributed by atoms with Gasteiger partial charge in [-0.2, -0.15) is 0 Å². The summed E-state index contributed by atoms with van der Waals surface area (Å²) in [4.78, 5) is 21.9. The molecule has 0 spiro atoms. The van der Waals surface area contributed by atoms with Crippen molar-refractivity contribution in [2.24, 2.45) is 0 Å². The lowest BCUT2D eigenvalue weighted by Gasteiger charge is -2.14. The van der Waals surface area contributed by atoms with E-state index in [4.69, 9.17) is 32.7 Å². The molecule has 0 aliphatic rings. The number of hydrogen-bond acceptors (Lipinski definition) is 5. The van der Waals surface area contributed by atoms with E-state index in [9.17, 15) is 4.79 Å². The maximum absolute atomic E-state index is 13.0. The molecule has 31 heavy (non-hydrogen) atoms. The van der Waals surface area contributed by atoms with E-state index < -0.39 is 0 Å². The number of imidazole rings is 1. The van der Waals surface area contributed by atoms with Gasteiger partial charge >= 0.3 is 0 Å². The average Bonchev–Trinajstić information content (AvgIpc) is 3.10. The number of nitrogens with zero attached hydrogens (tertiary/aromatic N) is 3. The minimum absolute atomic E-state index is 0.349. The number of methoxy groups -OCH3 is 2. The Morgan fingerprint density at radius 1 is 1.03 bits per heavy atom. The first kappa shape index (κ1) is 21.0. The predicted octanol–water partition coefficient (Wildman–Crippen LogP) is 5.31. The Labute approximate surface area is 188 Å². The summed E-state index contributed by atoms with van der Waals surface area (Å²) < 4.78 is 12.4. The summed E-state index contributed by atoms with van der Waals surface area (Å²) >= 11 is 12.7. The van der Waals surface area contributed by atoms with Crippen LogP contribution in [0.25, 0.3) is 16.9 Å². The highest BCUT2D eigenvalue weighted by Crippen LogP contribution is 2.36. The SMILES string of the molecule is COc1cc(OC)c(NC(=O)c2ccc(Cl)c(-n3c(C)nc4cccnc43)c2)cc1Cl. The summed E-state index contributed by atoms with van der Waals surface area (Å²) in [6, 6.07) is 11.9. The van der Waals surface area contributed by atoms with Gasteiger partial charge in [-0.05, 0) is 43.3 Å². The maximum atomic E-state index is 13.0. The van der Waals surface area contributed by atoms with Crippen LogP contribution in [-0.4, -0.2) is 34.7 Å². The Bertz CT molecular complexity index is 1300. The number of rotatable bonds is 5. The highest BCUT2D eigenvalue weighted by atomic mass is 35.5. The standard InChI is InChI=1S/C22H18Cl2N4O3/c1-12-26-16-5-4-8-25-21(16)28(12)18-9-13(6-7-14(18)23)22(29)27-17-10-15(24)19(30-2)11-20(17)31-3/h4-11H,1-3H3,(H,27,29). The van der Waals surface area contributed by atoms with Crippen molar-refractivity contribution in [3.05, 3.63) is 70.1 Å². The van der Waals surface area contributed by atoms with Crippen LogP contribution in [-0.2, 0) is 0 Å². The van der Waals surface area contributed by atoms with Crippen LogP contribution in [0.4, 0.5) is 5.69 Å². The number of hydrogen-bond donors (Lipinski definition) is 1. The maximum Gasteiger partial charge on any atom is 0.255 e. The van der Waals surface area contributed by atoms with Gasteiger partial charge in [0.25, 0.3) is 5.91 Å². The second kappa shape index (κ2) is 8.45. The first-order valence-corrected chi connectivity index (χ1v) is 10.0. The van der Waals surface area contributed by atoms with Crippen molar-refractivity contribution in [3.8, 4) is 17.2 Å². The lowest BCUT2D eigenvalue weighted by Crippen LogP contribution is -2.13. The molecule has 2 aromatic heterocycles. The summed E-state index contributed by atoms with van der Waals surface area (Å²) in [5.74, 6) is 1.22. The number of carbonyl (C=O) groups excluding carboxylic acids is 1. The molecule has 0 aliphatic heterocycles. The number of amides is 1. The Hall–Kier alpha value is -3.29. The number of fused-ring (bicyclic) bond motifs is 1. The summed E-state index contributed by atoms with van der Waals surface area (Å²) in [7, 11) is 3.00. The number of halogens is 2. The number of anilines is 1. The predicted molar refractivity (Wildman–Crippen MR) is 121 cm³/mol. The molecule has 0 aliphatic carbocycles. The average molecular weight is 457 g/mol. The van der Waals surface area contributed by atoms with Crippen LogP contribution >= 0.6 is 23.2 Å². The highest BCUT2D eigenvalue weighted by Gasteiger charge is 2.17. The monoisotopic (exact) mass is 456 g/mol. The summed E-state index contributed by atoms with van der Waals surface area (Å²) in [5, 5.41) is 3.64. The lowest BCUT2D eigenvalue weighted by molar-refractivity contribution is 0.102. The van der Waals surface area contributed by atoms with Gasteiger partial charge in [-0.3, -0.25) is 9.36 Å². The van der Waals surface area contributed by atoms with Gasteiger partial charge < -0.3 is 14.8 Å². The summed E-state index contributed by atoms with van der Waals surface area (Å²) in [6.07, 6.45) is 1.68. The van der Waals surface area contributed by atoms with Crippen LogP contribution in [0.15, 0.2) is 48.7 Å². The lowest BCUT2D eigenvalue weighted by atomic mass is 10.1. The number of aryl methyl sites for hydroxylation is 1. The molecule has 4 aromatic rings. The minimum atomic E-state index is -0.354. The van der Waals surface area contributed by atoms with E-state index in [2.05, 4.69) is 15.3 Å². The molecule has 4 rings (SSSR count). The topological polar surface area (TPSA) is 78.3 Å². The first-order valence-electron chi connectivity index (χ1n) is 9.25. The third-order valence-electron chi connectivity index (χ3n) is 4.76. The zero-order valence-corrected chi connectivity index (χ0v) is 18.5. The molecular weight excluding hydrogens is 439 g/mol. The number of pyridine rings is 1. The number of nitrogens with one attached hydrogen (secondary N) is 1. The number of benzene rings is 2. The molecule has 2 heterocycles. The molecule has 0 radical (unpaired) electrons. The van der Waals surface area contributed by atoms with Crippen LogP contribution in [0.2, 0.25) is 10.0 Å². The van der Waals surface area contributed by atoms with Crippen LogP contribution in [0.3, 0.4) is 0 Å². The zero-order valence-electron chi connectivity index (χ0n) is 16.9. The normalized spacial score (nSPS) is 10.9. The number of ether oxygens (including phenoxy) is 2. The van der Waals surface area contributed by atoms with Crippen LogP contribution in [0.1, 0.15) is 16.2 Å². The molecule has 7 nitrogen and oxygen atoms in total. The van der Waals surface area contributed by atoms with Gasteiger partial charge in [0.15, 0.2) is 5.65 Å². The van der Waals surface area contributed by atoms with Crippen molar-refractivity contribution < 1.29 is 14.3 Å². The Morgan fingerprint density at radius 3 is 2.55 bits per heavy atom. The summed E-state index contributed by atoms with van der Waals surface area (Å²) in [6.45, 7) is 1.86. The molecule has 2 aromatic carbocycles. The fraction of sp³-hybridized carbons (Fsp3) is 0.136. The van der Waals surface area contributed by atoms with Crippen molar-refractivity contribution in [1.29, 1.82) is 0 Å². The van der Waals surface area contributed by atoms with E-state index >= 15 is 0 Å². The van der Waals surface area contributed by atoms with Crippen molar-refractivity contribution >= 4 is 46.0 Å². The first-order chi connectivity index (χ1) is 14.9. The van der Waals surface area contributed by atoms with E-state index in [1.165, 1.54) is 14.2 Å². The number of aromatic nitrogens is 3. The molecular formula is C22H18Cl2N4O3. The van der Waals surface area contributed by atoms with E-state index in [0.29, 0.717) is 50.0 Å². The second-order valence-electron chi connectivity index (χ2n) is 6.65. The summed E-state index contributed by atoms with van der Waals surface area (Å²) in [5.41, 5.74) is 2.81. The quantitative estimate of drug-likeness (QED) is 0.440. The van der Waals surface area contributed by atoms with Crippen LogP contribution in [0.5, 0.6) is 11.5 Å². The zero-order chi connectivity index (χ0) is 22.1. The van der Waals surface area contributed by atoms with E-state index in [1.54, 1.807) is 36.5 Å². The molecule has 0 atom stereocenters. The van der Waals surface area contributed by atoms with Crippen LogP contribution in [0, 0.1) is 6.92 Å². The largest absolute Gasteiger partial charge is 0.495 e. The Morgan fingerprint density at radius 2 is 1.81 bits per heavy atom. The molecule has 0 saturated heterocycles. The van der Waals surface area contributed by atoms with Gasteiger partial charge in [-0.15, -0.1) is 0 Å². The molecule has 1 N–H and O–H groups in total. The van der Waals surface area contributed by atoms with Crippen molar-refractivity contribution in [2.45, 2.75) is 6.92 Å². The molecule has 0 unspecified atom stereocenters. The Balaban J connectivity index is 1.73. The number of carbonyl (C=O) groups is 1. The fourth-order valence-electron chi connectivity index (χ4n) is 3.29. The van der Waals surface area contributed by atoms with E-state index in [1.807, 2.05) is 23.6 Å². The molecule has 9 heteroatoms. The molecule has 0 bridgehead atoms. The van der Waals surface area contributed by atoms with E-state index in [0.717, 1.165) is 5.52 Å². The second-order valence-corrected chi connectivity index (χ2v) is 7.46. The van der Waals surface area contributed by atoms with Crippen molar-refractivity contribution in [2.75, 3.05) is 19.5 Å². The van der Waals surface area contributed by atoms with E-state index in [-0.39, 0.29) is 5.91 Å². The van der Waals surface area contributed by atoms with Gasteiger partial charge in [0, 0.05) is 17.8 Å². The van der Waals surface area contributed by atoms with Crippen LogP contribution < -0.4 is 14.8 Å². The van der Waals surface area contributed by atoms with Gasteiger partial charge in [0.05, 0.1) is 35.6 Å². The van der Waals surface area contributed by atoms with Crippen molar-refractivity contribution in [3.63, 3.8) is 0 Å². The van der Waals surface area contributed by atoms with Gasteiger partial charge in [0.1, 0.15) is 22.8 Å². The Kier molecular flexibility index (Phi) is 5.71. The molecule has 0 fully saturated rings. The molecule has 0 saturated carbocycles. The van der Waals surface area contributed by atoms with Gasteiger partial charge in [-0.25, -0.2) is 9.97 Å². The smallest absolute Gasteiger partial charge is 0.255 e. The third kappa shape index (κ3) is 3.89. The molecule has 158 valence electrons. The minimum Gasteiger partial charge on any atom is -0.495 e. The molecule has 1 amide bonds. The van der Waals surface area contributed by atoms with Crippen molar-refractivity contribution in [1.82, 2.24) is 14.5 Å². The highest BCUT2D eigenvalue weighted by molar-refractivity contribution is 6.33. The van der Waals surface area contributed by atoms with Gasteiger partial charge in [0.2, 0.25) is 0 Å². The fourth-order valence-corrected chi connectivity index (χ4v) is 3.73. The van der Waals surface area contributed by atoms with Gasteiger partial charge in [-0.1, -0.05) is 23.2 Å².